The fourth-order valence-electron chi connectivity index (χ4n) is 11.2. The maximum absolute atomic E-state index is 3.89. The van der Waals surface area contributed by atoms with Gasteiger partial charge in [-0.3, -0.25) is 0 Å². The normalized spacial score (nSPS) is 18.2. The van der Waals surface area contributed by atoms with Crippen LogP contribution in [0.15, 0.2) is 259 Å². The molecule has 1 heterocycles. The lowest BCUT2D eigenvalue weighted by Gasteiger charge is -2.36. The smallest absolute Gasteiger partial charge is 0.0236 e. The van der Waals surface area contributed by atoms with Crippen LogP contribution in [-0.2, 0) is 0 Å². The molecule has 0 saturated carbocycles. The Morgan fingerprint density at radius 2 is 1.09 bits per heavy atom. The zero-order chi connectivity index (χ0) is 44.0. The average molecular weight is 861 g/mol. The molecule has 0 saturated heterocycles. The van der Waals surface area contributed by atoms with E-state index >= 15 is 0 Å². The first-order valence-corrected chi connectivity index (χ1v) is 24.2. The van der Waals surface area contributed by atoms with Gasteiger partial charge >= 0.3 is 0 Å². The molecule has 3 aliphatic rings. The molecule has 0 fully saturated rings. The lowest BCUT2D eigenvalue weighted by molar-refractivity contribution is 0.627. The van der Waals surface area contributed by atoms with Gasteiger partial charge in [0.15, 0.2) is 0 Å². The molecule has 3 atom stereocenters. The topological polar surface area (TPSA) is 0 Å². The van der Waals surface area contributed by atoms with Gasteiger partial charge in [0.05, 0.1) is 0 Å². The summed E-state index contributed by atoms with van der Waals surface area (Å²) in [6.07, 6.45) is 19.6. The molecule has 0 spiro atoms. The first-order valence-electron chi connectivity index (χ1n) is 23.3. The Kier molecular flexibility index (Phi) is 10.4. The third kappa shape index (κ3) is 6.94. The summed E-state index contributed by atoms with van der Waals surface area (Å²) in [4.78, 5) is 1.45. The van der Waals surface area contributed by atoms with Gasteiger partial charge in [-0.15, -0.1) is 11.8 Å². The fraction of sp³-hybridized carbons (Fsp3) is 0.0769. The van der Waals surface area contributed by atoms with Crippen LogP contribution in [0.25, 0.3) is 76.5 Å². The molecule has 9 aromatic carbocycles. The second kappa shape index (κ2) is 17.2. The summed E-state index contributed by atoms with van der Waals surface area (Å²) < 4.78 is 0. The third-order valence-corrected chi connectivity index (χ3v) is 15.5. The molecule has 12 rings (SSSR count). The minimum absolute atomic E-state index is 0.264. The standard InChI is InChI=1S/C65H48S/c1-2-3-4-5-12-33-58-62(45-23-8-6-9-24-45)64-55-32-20-19-31-54(55)61(63(65(64)66-58)46-25-10-7-11-26-46)51-38-39-56-57(42-51)60(50-37-35-44-22-14-16-28-48(44)41-50)53-30-18-17-29-52(53)59(56)49-36-34-43-21-13-15-27-47(43)40-49/h2-31,34-42,55,58,62H,1,32-33H2/b4-3-,12-5-. The van der Waals surface area contributed by atoms with Gasteiger partial charge in [-0.25, -0.2) is 0 Å². The first-order chi connectivity index (χ1) is 32.7. The van der Waals surface area contributed by atoms with Crippen molar-refractivity contribution in [2.45, 2.75) is 24.0 Å². The lowest BCUT2D eigenvalue weighted by atomic mass is 9.67. The van der Waals surface area contributed by atoms with Crippen molar-refractivity contribution in [3.63, 3.8) is 0 Å². The van der Waals surface area contributed by atoms with E-state index in [9.17, 15) is 0 Å². The molecule has 0 N–H and O–H groups in total. The van der Waals surface area contributed by atoms with E-state index in [0.29, 0.717) is 5.25 Å². The fourth-order valence-corrected chi connectivity index (χ4v) is 12.8. The van der Waals surface area contributed by atoms with E-state index in [0.717, 1.165) is 12.8 Å². The second-order valence-corrected chi connectivity index (χ2v) is 19.0. The minimum Gasteiger partial charge on any atom is -0.121 e. The monoisotopic (exact) mass is 860 g/mol. The molecule has 0 radical (unpaired) electrons. The van der Waals surface area contributed by atoms with E-state index in [1.165, 1.54) is 104 Å². The van der Waals surface area contributed by atoms with Gasteiger partial charge in [0.1, 0.15) is 0 Å². The highest BCUT2D eigenvalue weighted by Crippen LogP contribution is 2.63. The number of rotatable bonds is 9. The summed E-state index contributed by atoms with van der Waals surface area (Å²) in [5.41, 5.74) is 14.7. The van der Waals surface area contributed by atoms with Gasteiger partial charge < -0.3 is 0 Å². The van der Waals surface area contributed by atoms with Crippen molar-refractivity contribution in [1.29, 1.82) is 0 Å². The summed E-state index contributed by atoms with van der Waals surface area (Å²) in [6.45, 7) is 3.89. The average Bonchev–Trinajstić information content (AvgIpc) is 3.76. The Morgan fingerprint density at radius 3 is 1.77 bits per heavy atom. The number of thioether (sulfide) groups is 1. The van der Waals surface area contributed by atoms with Crippen LogP contribution >= 0.6 is 11.8 Å². The van der Waals surface area contributed by atoms with Crippen LogP contribution in [-0.4, -0.2) is 5.25 Å². The number of hydrogen-bond donors (Lipinski definition) is 0. The van der Waals surface area contributed by atoms with Crippen LogP contribution in [0.1, 0.15) is 35.4 Å². The zero-order valence-electron chi connectivity index (χ0n) is 36.8. The highest BCUT2D eigenvalue weighted by Gasteiger charge is 2.46. The molecule has 3 unspecified atom stereocenters. The van der Waals surface area contributed by atoms with Crippen LogP contribution in [0.5, 0.6) is 0 Å². The molecule has 1 aliphatic heterocycles. The maximum Gasteiger partial charge on any atom is 0.0236 e. The summed E-state index contributed by atoms with van der Waals surface area (Å²) in [7, 11) is 0. The van der Waals surface area contributed by atoms with Gasteiger partial charge in [-0.1, -0.05) is 225 Å². The van der Waals surface area contributed by atoms with Crippen molar-refractivity contribution in [2.24, 2.45) is 5.92 Å². The van der Waals surface area contributed by atoms with Crippen molar-refractivity contribution in [1.82, 2.24) is 0 Å². The molecular weight excluding hydrogens is 813 g/mol. The molecule has 66 heavy (non-hydrogen) atoms. The predicted octanol–water partition coefficient (Wildman–Crippen LogP) is 17.9. The lowest BCUT2D eigenvalue weighted by Crippen LogP contribution is -2.22. The van der Waals surface area contributed by atoms with Gasteiger partial charge in [0, 0.05) is 27.6 Å². The molecular formula is C65H48S. The number of allylic oxidation sites excluding steroid dienone is 12. The summed E-state index contributed by atoms with van der Waals surface area (Å²) in [6, 6.07) is 70.5. The maximum atomic E-state index is 3.89. The zero-order valence-corrected chi connectivity index (χ0v) is 37.6. The van der Waals surface area contributed by atoms with Crippen molar-refractivity contribution in [3.8, 4) is 22.3 Å². The van der Waals surface area contributed by atoms with E-state index in [2.05, 4.69) is 243 Å². The Hall–Kier alpha value is -7.45. The van der Waals surface area contributed by atoms with Crippen molar-refractivity contribution in [3.05, 3.63) is 276 Å². The number of hydrogen-bond acceptors (Lipinski definition) is 1. The molecule has 0 aromatic heterocycles. The quantitative estimate of drug-likeness (QED) is 0.103. The predicted molar refractivity (Wildman–Crippen MR) is 287 cm³/mol. The van der Waals surface area contributed by atoms with E-state index in [4.69, 9.17) is 0 Å². The summed E-state index contributed by atoms with van der Waals surface area (Å²) >= 11 is 2.10. The van der Waals surface area contributed by atoms with Crippen molar-refractivity contribution < 1.29 is 0 Å². The number of benzene rings is 9. The highest BCUT2D eigenvalue weighted by atomic mass is 32.2. The molecule has 0 bridgehead atoms. The van der Waals surface area contributed by atoms with Crippen LogP contribution in [0.2, 0.25) is 0 Å². The Labute approximate surface area is 392 Å². The van der Waals surface area contributed by atoms with Crippen LogP contribution in [0.4, 0.5) is 0 Å². The molecule has 0 nitrogen and oxygen atoms in total. The summed E-state index contributed by atoms with van der Waals surface area (Å²) in [5.74, 6) is 0.548. The van der Waals surface area contributed by atoms with Gasteiger partial charge in [-0.05, 0) is 130 Å². The summed E-state index contributed by atoms with van der Waals surface area (Å²) in [5, 5.41) is 10.4. The number of fused-ring (bicyclic) bond motifs is 6. The Balaban J connectivity index is 1.16. The molecule has 0 amide bonds. The Bertz CT molecular complexity index is 3580. The van der Waals surface area contributed by atoms with Gasteiger partial charge in [-0.2, -0.15) is 0 Å². The minimum atomic E-state index is 0.264. The highest BCUT2D eigenvalue weighted by molar-refractivity contribution is 8.04. The van der Waals surface area contributed by atoms with Crippen LogP contribution in [0, 0.1) is 5.92 Å². The van der Waals surface area contributed by atoms with Gasteiger partial charge in [0.25, 0.3) is 0 Å². The van der Waals surface area contributed by atoms with Crippen molar-refractivity contribution >= 4 is 66.0 Å². The largest absolute Gasteiger partial charge is 0.121 e. The SMILES string of the molecule is C=C/C=C\C=C/CC1SC2=C(C3CC=CC=C3C(c3ccc4c(-c5ccc6ccccc6c5)c5ccccc5c(-c5ccc6ccccc6c5)c4c3)=C2c2ccccc2)C1c1ccccc1. The molecule has 1 heteroatoms. The van der Waals surface area contributed by atoms with E-state index in [1.54, 1.807) is 5.57 Å². The first kappa shape index (κ1) is 40.1. The molecule has 314 valence electrons. The van der Waals surface area contributed by atoms with E-state index < -0.39 is 0 Å². The van der Waals surface area contributed by atoms with Crippen LogP contribution < -0.4 is 0 Å². The second-order valence-electron chi connectivity index (χ2n) is 17.7. The van der Waals surface area contributed by atoms with E-state index in [-0.39, 0.29) is 11.8 Å². The van der Waals surface area contributed by atoms with Crippen molar-refractivity contribution in [2.75, 3.05) is 0 Å². The van der Waals surface area contributed by atoms with Gasteiger partial charge in [0.2, 0.25) is 0 Å². The Morgan fingerprint density at radius 1 is 0.500 bits per heavy atom. The third-order valence-electron chi connectivity index (χ3n) is 14.0. The molecule has 2 aliphatic carbocycles. The molecule has 9 aromatic rings. The van der Waals surface area contributed by atoms with Crippen LogP contribution in [0.3, 0.4) is 0 Å². The van der Waals surface area contributed by atoms with E-state index in [1.807, 2.05) is 12.2 Å².